The van der Waals surface area contributed by atoms with Crippen LogP contribution in [0.5, 0.6) is 0 Å². The summed E-state index contributed by atoms with van der Waals surface area (Å²) in [6.45, 7) is 15.2. The maximum atomic E-state index is 10.3. The van der Waals surface area contributed by atoms with Crippen molar-refractivity contribution in [1.82, 2.24) is 14.1 Å². The number of hydrogen-bond donors (Lipinski definition) is 0. The number of pyridine rings is 1. The maximum Gasteiger partial charge on any atom is 0.188 e. The first-order valence-electron chi connectivity index (χ1n) is 24.6. The lowest BCUT2D eigenvalue weighted by molar-refractivity contribution is 1.06. The summed E-state index contributed by atoms with van der Waals surface area (Å²) in [5.74, 6) is 0.531. The molecule has 12 rings (SSSR count). The zero-order valence-corrected chi connectivity index (χ0v) is 41.7. The van der Waals surface area contributed by atoms with Crippen molar-refractivity contribution in [3.8, 4) is 110 Å². The lowest BCUT2D eigenvalue weighted by Crippen LogP contribution is -2.03. The third-order valence-corrected chi connectivity index (χ3v) is 14.5. The van der Waals surface area contributed by atoms with Gasteiger partial charge in [-0.1, -0.05) is 72.8 Å². The normalized spacial score (nSPS) is 10.6. The highest BCUT2D eigenvalue weighted by Crippen LogP contribution is 2.43. The van der Waals surface area contributed by atoms with Crippen LogP contribution in [0.25, 0.3) is 120 Å². The fourth-order valence-corrected chi connectivity index (χ4v) is 10.8. The van der Waals surface area contributed by atoms with E-state index >= 15 is 0 Å². The Balaban J connectivity index is 1.13. The smallest absolute Gasteiger partial charge is 0.188 e. The van der Waals surface area contributed by atoms with Gasteiger partial charge in [-0.15, -0.1) is 0 Å². The number of nitrogens with zero attached hydrogens (tertiary/aromatic N) is 12. The fourth-order valence-electron chi connectivity index (χ4n) is 10.8. The van der Waals surface area contributed by atoms with Gasteiger partial charge in [0.1, 0.15) is 5.82 Å². The van der Waals surface area contributed by atoms with Gasteiger partial charge in [-0.25, -0.2) is 14.7 Å². The third-order valence-electron chi connectivity index (χ3n) is 14.5. The second kappa shape index (κ2) is 19.4. The topological polar surface area (TPSA) is 198 Å². The minimum atomic E-state index is 0.340. The summed E-state index contributed by atoms with van der Waals surface area (Å²) in [5, 5.41) is 74.0. The monoisotopic (exact) mass is 1010 g/mol. The summed E-state index contributed by atoms with van der Waals surface area (Å²) in [6, 6.07) is 68.8. The summed E-state index contributed by atoms with van der Waals surface area (Å²) in [4.78, 5) is 12.4. The van der Waals surface area contributed by atoms with Crippen molar-refractivity contribution in [3.63, 3.8) is 0 Å². The van der Waals surface area contributed by atoms with E-state index in [9.17, 15) is 36.8 Å². The number of nitriles is 7. The van der Waals surface area contributed by atoms with Gasteiger partial charge < -0.3 is 4.57 Å². The van der Waals surface area contributed by atoms with Crippen LogP contribution in [0.2, 0.25) is 0 Å². The summed E-state index contributed by atoms with van der Waals surface area (Å²) in [5.41, 5.74) is 14.0. The minimum absolute atomic E-state index is 0.340. The van der Waals surface area contributed by atoms with E-state index < -0.39 is 0 Å². The molecule has 0 radical (unpaired) electrons. The first kappa shape index (κ1) is 48.1. The molecule has 0 spiro atoms. The van der Waals surface area contributed by atoms with Gasteiger partial charge >= 0.3 is 0 Å². The second-order valence-electron chi connectivity index (χ2n) is 18.7. The van der Waals surface area contributed by atoms with Crippen molar-refractivity contribution < 1.29 is 0 Å². The Morgan fingerprint density at radius 2 is 0.713 bits per heavy atom. The first-order valence-corrected chi connectivity index (χ1v) is 24.6. The molecule has 0 aliphatic heterocycles. The van der Waals surface area contributed by atoms with Gasteiger partial charge in [0.2, 0.25) is 0 Å². The highest BCUT2D eigenvalue weighted by Gasteiger charge is 2.23. The lowest BCUT2D eigenvalue weighted by Gasteiger charge is -2.17. The molecule has 0 amide bonds. The Kier molecular flexibility index (Phi) is 11.7. The molecule has 0 N–H and O–H groups in total. The predicted molar refractivity (Wildman–Crippen MR) is 306 cm³/mol. The van der Waals surface area contributed by atoms with Crippen LogP contribution in [-0.4, -0.2) is 14.1 Å². The third kappa shape index (κ3) is 7.90. The van der Waals surface area contributed by atoms with Gasteiger partial charge in [0.15, 0.2) is 11.4 Å². The second-order valence-corrected chi connectivity index (χ2v) is 18.7. The number of fused-ring (bicyclic) bond motifs is 6. The van der Waals surface area contributed by atoms with Crippen molar-refractivity contribution in [3.05, 3.63) is 244 Å². The van der Waals surface area contributed by atoms with Crippen LogP contribution in [0.3, 0.4) is 0 Å². The van der Waals surface area contributed by atoms with E-state index in [2.05, 4.69) is 61.3 Å². The van der Waals surface area contributed by atoms with Gasteiger partial charge in [-0.3, -0.25) is 4.57 Å². The minimum Gasteiger partial charge on any atom is -0.307 e. The van der Waals surface area contributed by atoms with E-state index in [1.807, 2.05) is 103 Å². The summed E-state index contributed by atoms with van der Waals surface area (Å²) in [7, 11) is 0. The van der Waals surface area contributed by atoms with E-state index in [1.54, 1.807) is 78.9 Å². The molecule has 0 saturated heterocycles. The van der Waals surface area contributed by atoms with E-state index in [4.69, 9.17) is 18.1 Å². The van der Waals surface area contributed by atoms with Crippen LogP contribution >= 0.6 is 0 Å². The van der Waals surface area contributed by atoms with Crippen molar-refractivity contribution >= 4 is 55.0 Å². The molecule has 12 aromatic rings. The molecule has 3 aromatic heterocycles. The van der Waals surface area contributed by atoms with Crippen molar-refractivity contribution in [2.75, 3.05) is 0 Å². The number of benzene rings is 9. The van der Waals surface area contributed by atoms with Gasteiger partial charge in [0.25, 0.3) is 0 Å². The number of hydrogen-bond acceptors (Lipinski definition) is 8. The van der Waals surface area contributed by atoms with E-state index in [0.29, 0.717) is 84.1 Å². The molecule has 3 heterocycles. The predicted octanol–water partition coefficient (Wildman–Crippen LogP) is 15.8. The van der Waals surface area contributed by atoms with E-state index in [-0.39, 0.29) is 0 Å². The quantitative estimate of drug-likeness (QED) is 0.140. The van der Waals surface area contributed by atoms with Crippen LogP contribution in [0.1, 0.15) is 38.9 Å². The molecule has 0 aliphatic rings. The first-order chi connectivity index (χ1) is 39.2. The van der Waals surface area contributed by atoms with E-state index in [0.717, 1.165) is 77.0 Å². The molecule has 80 heavy (non-hydrogen) atoms. The molecule has 12 nitrogen and oxygen atoms in total. The Morgan fingerprint density at radius 3 is 1.11 bits per heavy atom. The average molecular weight is 1020 g/mol. The lowest BCUT2D eigenvalue weighted by atomic mass is 9.95. The largest absolute Gasteiger partial charge is 0.307 e. The molecule has 0 atom stereocenters. The summed E-state index contributed by atoms with van der Waals surface area (Å²) >= 11 is 0. The van der Waals surface area contributed by atoms with Crippen LogP contribution in [0.4, 0.5) is 11.4 Å². The Morgan fingerprint density at radius 1 is 0.338 bits per heavy atom. The SMILES string of the molecule is [C-]#[N+]c1ccc(-c2ccc3c(c2)c2cc(-c4ccc(C#N)cc4C#N)ccc2n3-c2cc(-c3cccc(C#N)c3)c(-n3c4ccc(-c5ccc(C#N)cc5C#N)cc4c4cc(-c5ccc([N+]#[C-])cc5C#N)ccc43)cn2)c(C#N)c1. The van der Waals surface area contributed by atoms with Crippen LogP contribution in [-0.2, 0) is 0 Å². The summed E-state index contributed by atoms with van der Waals surface area (Å²) < 4.78 is 4.17. The molecule has 0 bridgehead atoms. The fraction of sp³-hybridized carbons (Fsp3) is 0. The summed E-state index contributed by atoms with van der Waals surface area (Å²) in [6.07, 6.45) is 1.81. The zero-order valence-electron chi connectivity index (χ0n) is 41.7. The highest BCUT2D eigenvalue weighted by molar-refractivity contribution is 6.14. The molecular weight excluding hydrogens is 985 g/mol. The van der Waals surface area contributed by atoms with Crippen LogP contribution < -0.4 is 0 Å². The molecule has 0 aliphatic carbocycles. The molecule has 12 heteroatoms. The van der Waals surface area contributed by atoms with Gasteiger partial charge in [0, 0.05) is 38.2 Å². The van der Waals surface area contributed by atoms with Crippen molar-refractivity contribution in [1.29, 1.82) is 36.8 Å². The van der Waals surface area contributed by atoms with Crippen LogP contribution in [0, 0.1) is 92.5 Å². The maximum absolute atomic E-state index is 10.3. The number of rotatable bonds is 7. The average Bonchev–Trinajstić information content (AvgIpc) is 4.12. The van der Waals surface area contributed by atoms with Crippen LogP contribution in [0.15, 0.2) is 182 Å². The molecule has 362 valence electrons. The zero-order chi connectivity index (χ0) is 55.2. The van der Waals surface area contributed by atoms with Gasteiger partial charge in [-0.05, 0) is 153 Å². The van der Waals surface area contributed by atoms with Crippen molar-refractivity contribution in [2.24, 2.45) is 0 Å². The standard InChI is InChI=1S/C68H30N12/c1-76-52-12-16-56(50(25-52)37-74)46-9-19-64-60(28-46)59-27-44(54-14-6-41(33-70)23-48(54)35-72)8-18-63(59)79(64)67-39-78-68(31-58(67)43-5-3-4-40(22-43)32-69)80-65-20-10-45(55-15-7-42(34-71)24-49(55)36-73)29-61(65)62-30-47(11-21-66(62)80)57-17-13-53(77-2)26-51(57)38-75/h3-31,39H. The molecule has 0 saturated carbocycles. The van der Waals surface area contributed by atoms with Gasteiger partial charge in [-0.2, -0.15) is 36.8 Å². The highest BCUT2D eigenvalue weighted by atomic mass is 15.1. The molecular formula is C68H30N12. The van der Waals surface area contributed by atoms with Crippen molar-refractivity contribution in [2.45, 2.75) is 0 Å². The Bertz CT molecular complexity index is 4880. The molecule has 0 fully saturated rings. The molecule has 0 unspecified atom stereocenters. The Hall–Kier alpha value is -12.9. The van der Waals surface area contributed by atoms with Gasteiger partial charge in [0.05, 0.1) is 117 Å². The van der Waals surface area contributed by atoms with E-state index in [1.165, 1.54) is 0 Å². The molecule has 9 aromatic carbocycles. The number of aromatic nitrogens is 3. The Labute approximate surface area is 457 Å².